The van der Waals surface area contributed by atoms with E-state index in [1.807, 2.05) is 12.1 Å². The lowest BCUT2D eigenvalue weighted by Gasteiger charge is -2.45. The minimum atomic E-state index is -0.563. The Labute approximate surface area is 176 Å². The molecule has 2 heterocycles. The summed E-state index contributed by atoms with van der Waals surface area (Å²) in [4.78, 5) is 38.3. The predicted molar refractivity (Wildman–Crippen MR) is 111 cm³/mol. The van der Waals surface area contributed by atoms with Crippen LogP contribution in [0.15, 0.2) is 18.2 Å². The van der Waals surface area contributed by atoms with Crippen molar-refractivity contribution >= 4 is 17.7 Å². The summed E-state index contributed by atoms with van der Waals surface area (Å²) in [5.74, 6) is -0.211. The summed E-state index contributed by atoms with van der Waals surface area (Å²) in [6.45, 7) is 1.88. The van der Waals surface area contributed by atoms with Gasteiger partial charge in [0.25, 0.3) is 5.91 Å². The van der Waals surface area contributed by atoms with Crippen molar-refractivity contribution in [3.63, 3.8) is 0 Å². The number of nitrogens with one attached hydrogen (secondary N) is 2. The van der Waals surface area contributed by atoms with Crippen LogP contribution in [0, 0.1) is 11.3 Å². The van der Waals surface area contributed by atoms with Crippen LogP contribution < -0.4 is 16.4 Å². The first kappa shape index (κ1) is 19.7. The molecular formula is C23H30N4O3. The molecule has 0 radical (unpaired) electrons. The highest BCUT2D eigenvalue weighted by atomic mass is 16.2. The average molecular weight is 411 g/mol. The number of benzene rings is 1. The van der Waals surface area contributed by atoms with Crippen molar-refractivity contribution in [2.45, 2.75) is 70.1 Å². The molecule has 5 rings (SSSR count). The number of fused-ring (bicyclic) bond motifs is 1. The van der Waals surface area contributed by atoms with Crippen LogP contribution in [0.5, 0.6) is 0 Å². The molecule has 1 saturated heterocycles. The van der Waals surface area contributed by atoms with Crippen LogP contribution >= 0.6 is 0 Å². The largest absolute Gasteiger partial charge is 0.330 e. The topological polar surface area (TPSA) is 105 Å². The molecule has 160 valence electrons. The van der Waals surface area contributed by atoms with E-state index in [1.54, 1.807) is 4.90 Å². The van der Waals surface area contributed by atoms with E-state index < -0.39 is 6.04 Å². The predicted octanol–water partition coefficient (Wildman–Crippen LogP) is 1.44. The molecule has 3 unspecified atom stereocenters. The molecule has 7 nitrogen and oxygen atoms in total. The van der Waals surface area contributed by atoms with Gasteiger partial charge in [0.15, 0.2) is 0 Å². The van der Waals surface area contributed by atoms with Gasteiger partial charge in [-0.15, -0.1) is 0 Å². The van der Waals surface area contributed by atoms with Gasteiger partial charge in [0.05, 0.1) is 0 Å². The van der Waals surface area contributed by atoms with Gasteiger partial charge in [-0.3, -0.25) is 19.7 Å². The smallest absolute Gasteiger partial charge is 0.255 e. The number of imide groups is 1. The third-order valence-electron chi connectivity index (χ3n) is 7.91. The van der Waals surface area contributed by atoms with Crippen LogP contribution in [0.3, 0.4) is 0 Å². The van der Waals surface area contributed by atoms with Crippen molar-refractivity contribution < 1.29 is 14.4 Å². The quantitative estimate of drug-likeness (QED) is 0.637. The average Bonchev–Trinajstić information content (AvgIpc) is 3.24. The molecule has 1 spiro atoms. The monoisotopic (exact) mass is 410 g/mol. The summed E-state index contributed by atoms with van der Waals surface area (Å²) in [6, 6.07) is 5.94. The zero-order valence-corrected chi connectivity index (χ0v) is 17.3. The Morgan fingerprint density at radius 2 is 2.00 bits per heavy atom. The molecular weight excluding hydrogens is 380 g/mol. The van der Waals surface area contributed by atoms with E-state index >= 15 is 0 Å². The summed E-state index contributed by atoms with van der Waals surface area (Å²) >= 11 is 0. The lowest BCUT2D eigenvalue weighted by Crippen LogP contribution is -2.52. The number of nitrogens with zero attached hydrogens (tertiary/aromatic N) is 1. The zero-order chi connectivity index (χ0) is 20.9. The number of hydrogen-bond acceptors (Lipinski definition) is 5. The second-order valence-electron chi connectivity index (χ2n) is 9.50. The minimum Gasteiger partial charge on any atom is -0.330 e. The van der Waals surface area contributed by atoms with E-state index in [1.165, 1.54) is 32.1 Å². The first-order valence-electron chi connectivity index (χ1n) is 11.2. The third-order valence-corrected chi connectivity index (χ3v) is 7.91. The molecule has 0 bridgehead atoms. The fourth-order valence-corrected chi connectivity index (χ4v) is 6.06. The van der Waals surface area contributed by atoms with Gasteiger partial charge in [-0.25, -0.2) is 0 Å². The first-order valence-corrected chi connectivity index (χ1v) is 11.2. The standard InChI is InChI=1S/C23H30N4O3/c24-11-15-6-9-23(7-1-8-23)20(15)25-12-14-2-3-16-13-27(22(30)17(16)10-14)18-4-5-19(28)26-21(18)29/h2-3,10,15,18,20,25H,1,4-9,11-13,24H2,(H,26,28,29). The van der Waals surface area contributed by atoms with Gasteiger partial charge in [-0.05, 0) is 67.2 Å². The van der Waals surface area contributed by atoms with Crippen LogP contribution in [-0.2, 0) is 22.7 Å². The molecule has 7 heteroatoms. The fraction of sp³-hybridized carbons (Fsp3) is 0.609. The number of nitrogens with two attached hydrogens (primary N) is 1. The number of carbonyl (C=O) groups excluding carboxylic acids is 3. The summed E-state index contributed by atoms with van der Waals surface area (Å²) < 4.78 is 0. The minimum absolute atomic E-state index is 0.113. The van der Waals surface area contributed by atoms with Gasteiger partial charge in [0, 0.05) is 31.1 Å². The van der Waals surface area contributed by atoms with Gasteiger partial charge < -0.3 is 16.0 Å². The Bertz CT molecular complexity index is 894. The molecule has 2 aliphatic carbocycles. The van der Waals surface area contributed by atoms with Gasteiger partial charge in [-0.2, -0.15) is 0 Å². The summed E-state index contributed by atoms with van der Waals surface area (Å²) in [7, 11) is 0. The summed E-state index contributed by atoms with van der Waals surface area (Å²) in [5.41, 5.74) is 9.19. The van der Waals surface area contributed by atoms with E-state index in [0.717, 1.165) is 24.2 Å². The molecule has 2 aliphatic heterocycles. The highest BCUT2D eigenvalue weighted by Crippen LogP contribution is 2.55. The summed E-state index contributed by atoms with van der Waals surface area (Å²) in [5, 5.41) is 6.13. The Balaban J connectivity index is 1.28. The van der Waals surface area contributed by atoms with Gasteiger partial charge in [0.1, 0.15) is 6.04 Å². The lowest BCUT2D eigenvalue weighted by atomic mass is 9.64. The summed E-state index contributed by atoms with van der Waals surface area (Å²) in [6.07, 6.45) is 7.06. The van der Waals surface area contributed by atoms with E-state index in [2.05, 4.69) is 16.7 Å². The maximum absolute atomic E-state index is 13.0. The number of amides is 3. The third kappa shape index (κ3) is 3.15. The van der Waals surface area contributed by atoms with E-state index in [-0.39, 0.29) is 24.1 Å². The molecule has 3 atom stereocenters. The van der Waals surface area contributed by atoms with Gasteiger partial charge >= 0.3 is 0 Å². The Morgan fingerprint density at radius 3 is 2.70 bits per heavy atom. The molecule has 1 aromatic rings. The van der Waals surface area contributed by atoms with Crippen LogP contribution in [0.2, 0.25) is 0 Å². The first-order chi connectivity index (χ1) is 14.5. The van der Waals surface area contributed by atoms with Crippen molar-refractivity contribution in [2.75, 3.05) is 6.54 Å². The Hall–Kier alpha value is -2.25. The normalized spacial score (nSPS) is 29.8. The number of hydrogen-bond donors (Lipinski definition) is 3. The van der Waals surface area contributed by atoms with Crippen molar-refractivity contribution in [3.8, 4) is 0 Å². The van der Waals surface area contributed by atoms with Gasteiger partial charge in [0.2, 0.25) is 11.8 Å². The van der Waals surface area contributed by atoms with Crippen LogP contribution in [0.25, 0.3) is 0 Å². The van der Waals surface area contributed by atoms with E-state index in [9.17, 15) is 14.4 Å². The molecule has 0 aromatic heterocycles. The number of piperidine rings is 1. The lowest BCUT2D eigenvalue weighted by molar-refractivity contribution is -0.136. The number of carbonyl (C=O) groups is 3. The van der Waals surface area contributed by atoms with E-state index in [4.69, 9.17) is 5.73 Å². The molecule has 4 N–H and O–H groups in total. The highest BCUT2D eigenvalue weighted by Gasteiger charge is 2.50. The molecule has 30 heavy (non-hydrogen) atoms. The van der Waals surface area contributed by atoms with Crippen LogP contribution in [0.1, 0.15) is 66.4 Å². The zero-order valence-electron chi connectivity index (χ0n) is 17.3. The maximum atomic E-state index is 13.0. The molecule has 3 amide bonds. The number of rotatable bonds is 5. The van der Waals surface area contributed by atoms with Crippen molar-refractivity contribution in [2.24, 2.45) is 17.1 Å². The highest BCUT2D eigenvalue weighted by molar-refractivity contribution is 6.05. The molecule has 4 aliphatic rings. The van der Waals surface area contributed by atoms with E-state index in [0.29, 0.717) is 35.9 Å². The second kappa shape index (κ2) is 7.46. The van der Waals surface area contributed by atoms with Gasteiger partial charge in [-0.1, -0.05) is 18.6 Å². The Kier molecular flexibility index (Phi) is 4.90. The maximum Gasteiger partial charge on any atom is 0.255 e. The molecule has 2 saturated carbocycles. The van der Waals surface area contributed by atoms with Crippen molar-refractivity contribution in [1.82, 2.24) is 15.5 Å². The molecule has 1 aromatic carbocycles. The van der Waals surface area contributed by atoms with Crippen molar-refractivity contribution in [3.05, 3.63) is 34.9 Å². The SMILES string of the molecule is NCC1CCC2(CCC2)C1NCc1ccc2c(c1)C(=O)N(C1CCC(=O)NC1=O)C2. The Morgan fingerprint density at radius 1 is 1.17 bits per heavy atom. The fourth-order valence-electron chi connectivity index (χ4n) is 6.06. The second-order valence-corrected chi connectivity index (χ2v) is 9.50. The van der Waals surface area contributed by atoms with Crippen LogP contribution in [0.4, 0.5) is 0 Å². The van der Waals surface area contributed by atoms with Crippen LogP contribution in [-0.4, -0.2) is 41.2 Å². The molecule has 3 fully saturated rings. The van der Waals surface area contributed by atoms with Crippen molar-refractivity contribution in [1.29, 1.82) is 0 Å².